The van der Waals surface area contributed by atoms with Gasteiger partial charge in [-0.25, -0.2) is 4.79 Å². The normalized spacial score (nSPS) is 13.8. The number of nitrogens with zero attached hydrogens (tertiary/aromatic N) is 2. The van der Waals surface area contributed by atoms with Crippen molar-refractivity contribution in [2.24, 2.45) is 0 Å². The monoisotopic (exact) mass is 361 g/mol. The molecule has 0 aliphatic carbocycles. The van der Waals surface area contributed by atoms with Crippen molar-refractivity contribution in [3.05, 3.63) is 46.5 Å². The summed E-state index contributed by atoms with van der Waals surface area (Å²) in [5.41, 5.74) is 0. The van der Waals surface area contributed by atoms with Crippen molar-refractivity contribution < 1.29 is 14.0 Å². The Hall–Kier alpha value is -2.28. The quantitative estimate of drug-likeness (QED) is 0.824. The van der Waals surface area contributed by atoms with E-state index in [1.165, 1.54) is 0 Å². The molecule has 25 heavy (non-hydrogen) atoms. The molecule has 134 valence electrons. The van der Waals surface area contributed by atoms with Crippen LogP contribution in [0.1, 0.15) is 29.9 Å². The van der Waals surface area contributed by atoms with Gasteiger partial charge in [-0.3, -0.25) is 4.79 Å². The summed E-state index contributed by atoms with van der Waals surface area (Å²) in [5.74, 6) is 0.855. The Balaban J connectivity index is 1.51. The van der Waals surface area contributed by atoms with E-state index in [0.29, 0.717) is 26.1 Å². The zero-order valence-electron chi connectivity index (χ0n) is 14.1. The van der Waals surface area contributed by atoms with Crippen LogP contribution in [0.25, 0.3) is 0 Å². The number of amides is 3. The molecule has 0 spiro atoms. The number of urea groups is 1. The summed E-state index contributed by atoms with van der Waals surface area (Å²) in [4.78, 5) is 29.3. The molecule has 2 aromatic rings. The number of nitrogens with one attached hydrogen (secondary N) is 1. The lowest BCUT2D eigenvalue weighted by atomic mass is 10.3. The van der Waals surface area contributed by atoms with Crippen LogP contribution < -0.4 is 5.32 Å². The number of carbonyl (C=O) groups is 2. The molecule has 7 heteroatoms. The second-order valence-corrected chi connectivity index (χ2v) is 7.12. The number of hydrogen-bond donors (Lipinski definition) is 1. The molecule has 0 radical (unpaired) electrons. The number of thiophene rings is 1. The highest BCUT2D eigenvalue weighted by Gasteiger charge is 2.19. The largest absolute Gasteiger partial charge is 0.467 e. The molecule has 1 fully saturated rings. The summed E-state index contributed by atoms with van der Waals surface area (Å²) in [5, 5.41) is 4.86. The maximum atomic E-state index is 12.6. The summed E-state index contributed by atoms with van der Waals surface area (Å²) in [6.07, 6.45) is 4.11. The van der Waals surface area contributed by atoms with Crippen molar-refractivity contribution in [3.63, 3.8) is 0 Å². The molecular weight excluding hydrogens is 338 g/mol. The van der Waals surface area contributed by atoms with Gasteiger partial charge >= 0.3 is 6.03 Å². The Morgan fingerprint density at radius 3 is 2.72 bits per heavy atom. The molecule has 3 heterocycles. The van der Waals surface area contributed by atoms with E-state index in [1.807, 2.05) is 34.5 Å². The molecule has 2 aromatic heterocycles. The minimum atomic E-state index is -0.181. The molecule has 0 bridgehead atoms. The smallest absolute Gasteiger partial charge is 0.318 e. The van der Waals surface area contributed by atoms with Crippen molar-refractivity contribution in [2.75, 3.05) is 19.6 Å². The van der Waals surface area contributed by atoms with Gasteiger partial charge in [0.05, 0.1) is 19.4 Å². The Kier molecular flexibility index (Phi) is 6.11. The molecule has 0 aromatic carbocycles. The van der Waals surface area contributed by atoms with Crippen LogP contribution in [0, 0.1) is 0 Å². The fraction of sp³-hybridized carbons (Fsp3) is 0.444. The van der Waals surface area contributed by atoms with Crippen LogP contribution in [0.2, 0.25) is 0 Å². The van der Waals surface area contributed by atoms with Gasteiger partial charge < -0.3 is 19.5 Å². The van der Waals surface area contributed by atoms with Crippen LogP contribution in [0.15, 0.2) is 40.3 Å². The van der Waals surface area contributed by atoms with Gasteiger partial charge in [0.2, 0.25) is 5.91 Å². The fourth-order valence-electron chi connectivity index (χ4n) is 2.89. The molecule has 0 unspecified atom stereocenters. The average molecular weight is 361 g/mol. The van der Waals surface area contributed by atoms with E-state index in [0.717, 1.165) is 36.6 Å². The third kappa shape index (κ3) is 5.09. The van der Waals surface area contributed by atoms with E-state index in [2.05, 4.69) is 5.32 Å². The van der Waals surface area contributed by atoms with E-state index in [1.54, 1.807) is 22.5 Å². The number of rotatable bonds is 7. The first kappa shape index (κ1) is 17.5. The molecule has 1 aliphatic rings. The van der Waals surface area contributed by atoms with Gasteiger partial charge in [0.15, 0.2) is 0 Å². The third-order valence-corrected chi connectivity index (χ3v) is 5.08. The van der Waals surface area contributed by atoms with Gasteiger partial charge in [0.25, 0.3) is 0 Å². The first-order chi connectivity index (χ1) is 12.2. The summed E-state index contributed by atoms with van der Waals surface area (Å²) in [6.45, 7) is 2.96. The van der Waals surface area contributed by atoms with Gasteiger partial charge in [-0.05, 0) is 36.4 Å². The molecule has 3 rings (SSSR count). The summed E-state index contributed by atoms with van der Waals surface area (Å²) in [7, 11) is 0. The van der Waals surface area contributed by atoms with Gasteiger partial charge in [-0.2, -0.15) is 0 Å². The molecule has 0 saturated carbocycles. The summed E-state index contributed by atoms with van der Waals surface area (Å²) < 4.78 is 5.36. The highest BCUT2D eigenvalue weighted by atomic mass is 32.1. The van der Waals surface area contributed by atoms with Crippen molar-refractivity contribution in [1.29, 1.82) is 0 Å². The summed E-state index contributed by atoms with van der Waals surface area (Å²) in [6, 6.07) is 7.46. The standard InChI is InChI=1S/C18H23N3O3S/c22-17(20-9-1-2-10-20)7-8-19-18(23)21(13-15-5-3-11-24-15)14-16-6-4-12-25-16/h3-6,11-12H,1-2,7-10,13-14H2,(H,19,23). The van der Waals surface area contributed by atoms with E-state index in [9.17, 15) is 9.59 Å². The lowest BCUT2D eigenvalue weighted by Crippen LogP contribution is -2.40. The average Bonchev–Trinajstić information content (AvgIpc) is 3.37. The highest BCUT2D eigenvalue weighted by molar-refractivity contribution is 7.09. The van der Waals surface area contributed by atoms with Crippen LogP contribution in [-0.2, 0) is 17.9 Å². The van der Waals surface area contributed by atoms with Crippen LogP contribution in [0.3, 0.4) is 0 Å². The highest BCUT2D eigenvalue weighted by Crippen LogP contribution is 2.15. The Bertz CT molecular complexity index is 628. The third-order valence-electron chi connectivity index (χ3n) is 4.21. The number of hydrogen-bond acceptors (Lipinski definition) is 4. The van der Waals surface area contributed by atoms with Gasteiger partial charge in [-0.1, -0.05) is 6.07 Å². The molecule has 1 N–H and O–H groups in total. The molecule has 0 atom stereocenters. The second-order valence-electron chi connectivity index (χ2n) is 6.08. The maximum absolute atomic E-state index is 12.6. The minimum Gasteiger partial charge on any atom is -0.467 e. The molecule has 6 nitrogen and oxygen atoms in total. The SMILES string of the molecule is O=C(CCNC(=O)N(Cc1ccco1)Cc1cccs1)N1CCCC1. The van der Waals surface area contributed by atoms with Gasteiger partial charge in [0.1, 0.15) is 5.76 Å². The van der Waals surface area contributed by atoms with Crippen molar-refractivity contribution >= 4 is 23.3 Å². The summed E-state index contributed by atoms with van der Waals surface area (Å²) >= 11 is 1.61. The first-order valence-corrected chi connectivity index (χ1v) is 9.45. The van der Waals surface area contributed by atoms with Crippen LogP contribution >= 0.6 is 11.3 Å². The number of furan rings is 1. The molecule has 3 amide bonds. The van der Waals surface area contributed by atoms with Crippen LogP contribution in [-0.4, -0.2) is 41.4 Å². The lowest BCUT2D eigenvalue weighted by Gasteiger charge is -2.22. The van der Waals surface area contributed by atoms with Gasteiger partial charge in [0, 0.05) is 30.9 Å². The maximum Gasteiger partial charge on any atom is 0.318 e. The predicted octanol–water partition coefficient (Wildman–Crippen LogP) is 3.07. The first-order valence-electron chi connectivity index (χ1n) is 8.57. The minimum absolute atomic E-state index is 0.119. The number of likely N-dealkylation sites (tertiary alicyclic amines) is 1. The van der Waals surface area contributed by atoms with E-state index >= 15 is 0 Å². The Morgan fingerprint density at radius 2 is 2.04 bits per heavy atom. The number of carbonyl (C=O) groups excluding carboxylic acids is 2. The van der Waals surface area contributed by atoms with E-state index in [4.69, 9.17) is 4.42 Å². The lowest BCUT2D eigenvalue weighted by molar-refractivity contribution is -0.129. The van der Waals surface area contributed by atoms with Crippen molar-refractivity contribution in [1.82, 2.24) is 15.1 Å². The van der Waals surface area contributed by atoms with Crippen LogP contribution in [0.4, 0.5) is 4.79 Å². The molecule has 1 aliphatic heterocycles. The Labute approximate surface area is 151 Å². The fourth-order valence-corrected chi connectivity index (χ4v) is 3.61. The zero-order chi connectivity index (χ0) is 17.5. The topological polar surface area (TPSA) is 65.8 Å². The van der Waals surface area contributed by atoms with Gasteiger partial charge in [-0.15, -0.1) is 11.3 Å². The van der Waals surface area contributed by atoms with Crippen molar-refractivity contribution in [2.45, 2.75) is 32.4 Å². The predicted molar refractivity (Wildman–Crippen MR) is 96.1 cm³/mol. The van der Waals surface area contributed by atoms with Crippen molar-refractivity contribution in [3.8, 4) is 0 Å². The van der Waals surface area contributed by atoms with Crippen LogP contribution in [0.5, 0.6) is 0 Å². The van der Waals surface area contributed by atoms with E-state index < -0.39 is 0 Å². The second kappa shape index (κ2) is 8.71. The Morgan fingerprint density at radius 1 is 1.20 bits per heavy atom. The molecular formula is C18H23N3O3S. The zero-order valence-corrected chi connectivity index (χ0v) is 15.0. The molecule has 1 saturated heterocycles. The van der Waals surface area contributed by atoms with E-state index in [-0.39, 0.29) is 11.9 Å².